The Kier molecular flexibility index (Phi) is 3.88. The molecule has 3 heteroatoms. The number of anilines is 2. The molecule has 0 heterocycles. The zero-order valence-electron chi connectivity index (χ0n) is 12.1. The average Bonchev–Trinajstić information content (AvgIpc) is 2.55. The molecular formula is C19H15F2N. The van der Waals surface area contributed by atoms with Crippen molar-refractivity contribution >= 4 is 11.4 Å². The summed E-state index contributed by atoms with van der Waals surface area (Å²) in [5, 5.41) is 0. The Labute approximate surface area is 128 Å². The zero-order chi connectivity index (χ0) is 15.5. The van der Waals surface area contributed by atoms with E-state index in [1.54, 1.807) is 36.2 Å². The summed E-state index contributed by atoms with van der Waals surface area (Å²) < 4.78 is 28.5. The molecule has 3 aromatic carbocycles. The van der Waals surface area contributed by atoms with Gasteiger partial charge in [-0.15, -0.1) is 0 Å². The molecule has 0 N–H and O–H groups in total. The van der Waals surface area contributed by atoms with Crippen LogP contribution in [0.5, 0.6) is 0 Å². The fraction of sp³-hybridized carbons (Fsp3) is 0.0526. The third-order valence-electron chi connectivity index (χ3n) is 3.62. The lowest BCUT2D eigenvalue weighted by atomic mass is 10.0. The number of rotatable bonds is 3. The number of nitrogens with zero attached hydrogens (tertiary/aromatic N) is 1. The van der Waals surface area contributed by atoms with Crippen molar-refractivity contribution < 1.29 is 8.78 Å². The number of halogens is 2. The van der Waals surface area contributed by atoms with E-state index in [2.05, 4.69) is 0 Å². The Hall–Kier alpha value is -2.68. The molecule has 3 rings (SSSR count). The lowest BCUT2D eigenvalue weighted by Gasteiger charge is -2.23. The summed E-state index contributed by atoms with van der Waals surface area (Å²) in [4.78, 5) is 1.55. The van der Waals surface area contributed by atoms with E-state index in [9.17, 15) is 8.78 Å². The SMILES string of the molecule is CN(c1ccccc1F)c1c(F)cccc1-c1ccccc1. The first-order valence-electron chi connectivity index (χ1n) is 7.00. The minimum absolute atomic E-state index is 0.338. The number of para-hydroxylation sites is 2. The van der Waals surface area contributed by atoms with E-state index in [0.29, 0.717) is 11.4 Å². The topological polar surface area (TPSA) is 3.24 Å². The predicted octanol–water partition coefficient (Wildman–Crippen LogP) is 5.40. The van der Waals surface area contributed by atoms with Crippen LogP contribution in [0.15, 0.2) is 72.8 Å². The molecule has 110 valence electrons. The van der Waals surface area contributed by atoms with Crippen molar-refractivity contribution in [2.45, 2.75) is 0 Å². The first-order valence-corrected chi connectivity index (χ1v) is 7.00. The second-order valence-electron chi connectivity index (χ2n) is 5.01. The van der Waals surface area contributed by atoms with Gasteiger partial charge in [-0.2, -0.15) is 0 Å². The second-order valence-corrected chi connectivity index (χ2v) is 5.01. The Bertz CT molecular complexity index is 784. The van der Waals surface area contributed by atoms with Gasteiger partial charge in [0.2, 0.25) is 0 Å². The number of hydrogen-bond acceptors (Lipinski definition) is 1. The third kappa shape index (κ3) is 2.58. The van der Waals surface area contributed by atoms with Crippen LogP contribution in [0.4, 0.5) is 20.2 Å². The summed E-state index contributed by atoms with van der Waals surface area (Å²) in [6.07, 6.45) is 0. The molecule has 0 aromatic heterocycles. The van der Waals surface area contributed by atoms with E-state index in [-0.39, 0.29) is 11.6 Å². The van der Waals surface area contributed by atoms with E-state index >= 15 is 0 Å². The van der Waals surface area contributed by atoms with E-state index in [4.69, 9.17) is 0 Å². The first kappa shape index (κ1) is 14.3. The van der Waals surface area contributed by atoms with Gasteiger partial charge in [-0.25, -0.2) is 8.78 Å². The minimum atomic E-state index is -0.382. The molecule has 0 bridgehead atoms. The van der Waals surface area contributed by atoms with Crippen LogP contribution >= 0.6 is 0 Å². The van der Waals surface area contributed by atoms with E-state index < -0.39 is 0 Å². The average molecular weight is 295 g/mol. The normalized spacial score (nSPS) is 10.5. The maximum Gasteiger partial charge on any atom is 0.147 e. The van der Waals surface area contributed by atoms with Crippen molar-refractivity contribution in [2.24, 2.45) is 0 Å². The van der Waals surface area contributed by atoms with Gasteiger partial charge in [-0.1, -0.05) is 54.6 Å². The minimum Gasteiger partial charge on any atom is -0.339 e. The lowest BCUT2D eigenvalue weighted by molar-refractivity contribution is 0.618. The Morgan fingerprint density at radius 2 is 1.32 bits per heavy atom. The van der Waals surface area contributed by atoms with Crippen LogP contribution in [-0.4, -0.2) is 7.05 Å². The van der Waals surface area contributed by atoms with Gasteiger partial charge in [-0.3, -0.25) is 0 Å². The molecule has 0 aliphatic carbocycles. The van der Waals surface area contributed by atoms with Gasteiger partial charge in [0.25, 0.3) is 0 Å². The van der Waals surface area contributed by atoms with Crippen LogP contribution < -0.4 is 4.90 Å². The zero-order valence-corrected chi connectivity index (χ0v) is 12.1. The quantitative estimate of drug-likeness (QED) is 0.625. The van der Waals surface area contributed by atoms with Crippen LogP contribution in [0, 0.1) is 11.6 Å². The smallest absolute Gasteiger partial charge is 0.147 e. The van der Waals surface area contributed by atoms with Gasteiger partial charge in [-0.05, 0) is 23.8 Å². The fourth-order valence-electron chi connectivity index (χ4n) is 2.55. The molecule has 0 fully saturated rings. The molecule has 0 aliphatic rings. The van der Waals surface area contributed by atoms with Crippen LogP contribution in [0.3, 0.4) is 0 Å². The fourth-order valence-corrected chi connectivity index (χ4v) is 2.55. The monoisotopic (exact) mass is 295 g/mol. The van der Waals surface area contributed by atoms with Gasteiger partial charge < -0.3 is 4.90 Å². The van der Waals surface area contributed by atoms with Crippen LogP contribution in [0.1, 0.15) is 0 Å². The van der Waals surface area contributed by atoms with Gasteiger partial charge in [0.15, 0.2) is 0 Å². The van der Waals surface area contributed by atoms with Crippen molar-refractivity contribution in [2.75, 3.05) is 11.9 Å². The maximum absolute atomic E-state index is 14.4. The van der Waals surface area contributed by atoms with E-state index in [1.165, 1.54) is 12.1 Å². The standard InChI is InChI=1S/C19H15F2N/c1-22(18-13-6-5-11-16(18)20)19-15(10-7-12-17(19)21)14-8-3-2-4-9-14/h2-13H,1H3. The molecule has 0 atom stereocenters. The molecule has 0 spiro atoms. The van der Waals surface area contributed by atoms with E-state index in [1.807, 2.05) is 36.4 Å². The van der Waals surface area contributed by atoms with Gasteiger partial charge in [0, 0.05) is 12.6 Å². The largest absolute Gasteiger partial charge is 0.339 e. The summed E-state index contributed by atoms with van der Waals surface area (Å²) in [5.74, 6) is -0.764. The predicted molar refractivity (Wildman–Crippen MR) is 86.3 cm³/mol. The summed E-state index contributed by atoms with van der Waals surface area (Å²) >= 11 is 0. The molecule has 22 heavy (non-hydrogen) atoms. The summed E-state index contributed by atoms with van der Waals surface area (Å²) in [6, 6.07) is 20.8. The lowest BCUT2D eigenvalue weighted by Crippen LogP contribution is -2.14. The van der Waals surface area contributed by atoms with Gasteiger partial charge >= 0.3 is 0 Å². The van der Waals surface area contributed by atoms with Crippen molar-refractivity contribution in [3.05, 3.63) is 84.4 Å². The molecule has 0 saturated heterocycles. The van der Waals surface area contributed by atoms with Gasteiger partial charge in [0.05, 0.1) is 11.4 Å². The highest BCUT2D eigenvalue weighted by atomic mass is 19.1. The molecular weight excluding hydrogens is 280 g/mol. The summed E-state index contributed by atoms with van der Waals surface area (Å²) in [6.45, 7) is 0. The Morgan fingerprint density at radius 3 is 2.05 bits per heavy atom. The molecule has 0 amide bonds. The molecule has 3 aromatic rings. The molecule has 0 saturated carbocycles. The van der Waals surface area contributed by atoms with Crippen molar-refractivity contribution in [1.29, 1.82) is 0 Å². The van der Waals surface area contributed by atoms with Crippen molar-refractivity contribution in [3.63, 3.8) is 0 Å². The maximum atomic E-state index is 14.4. The highest BCUT2D eigenvalue weighted by Gasteiger charge is 2.17. The van der Waals surface area contributed by atoms with Gasteiger partial charge in [0.1, 0.15) is 11.6 Å². The third-order valence-corrected chi connectivity index (χ3v) is 3.62. The van der Waals surface area contributed by atoms with E-state index in [0.717, 1.165) is 11.1 Å². The Morgan fingerprint density at radius 1 is 0.682 bits per heavy atom. The van der Waals surface area contributed by atoms with Crippen LogP contribution in [0.25, 0.3) is 11.1 Å². The van der Waals surface area contributed by atoms with Crippen molar-refractivity contribution in [1.82, 2.24) is 0 Å². The highest BCUT2D eigenvalue weighted by Crippen LogP contribution is 2.36. The molecule has 1 nitrogen and oxygen atoms in total. The number of hydrogen-bond donors (Lipinski definition) is 0. The van der Waals surface area contributed by atoms with Crippen molar-refractivity contribution in [3.8, 4) is 11.1 Å². The van der Waals surface area contributed by atoms with Crippen LogP contribution in [0.2, 0.25) is 0 Å². The summed E-state index contributed by atoms with van der Waals surface area (Å²) in [7, 11) is 1.67. The summed E-state index contributed by atoms with van der Waals surface area (Å²) in [5.41, 5.74) is 2.31. The first-order chi connectivity index (χ1) is 10.7. The molecule has 0 radical (unpaired) electrons. The molecule has 0 unspecified atom stereocenters. The Balaban J connectivity index is 2.17. The number of benzene rings is 3. The van der Waals surface area contributed by atoms with Crippen LogP contribution in [-0.2, 0) is 0 Å². The molecule has 0 aliphatic heterocycles. The highest BCUT2D eigenvalue weighted by molar-refractivity contribution is 5.82. The second kappa shape index (κ2) is 5.98.